The lowest BCUT2D eigenvalue weighted by Gasteiger charge is -2.24. The van der Waals surface area contributed by atoms with Gasteiger partial charge in [-0.2, -0.15) is 0 Å². The summed E-state index contributed by atoms with van der Waals surface area (Å²) in [6.45, 7) is 2.12. The van der Waals surface area contributed by atoms with Gasteiger partial charge in [-0.15, -0.1) is 0 Å². The summed E-state index contributed by atoms with van der Waals surface area (Å²) in [7, 11) is 0. The van der Waals surface area contributed by atoms with Crippen LogP contribution in [0, 0.1) is 0 Å². The van der Waals surface area contributed by atoms with Gasteiger partial charge in [0.25, 0.3) is 0 Å². The standard InChI is InChI=1S/C16H17Cl2NO/c1-10(12-6-5-11(17)9-14(12)18)19-8-7-13-15(19)3-2-4-16(13)20/h5-10,16,20H,2-4H2,1H3. The van der Waals surface area contributed by atoms with Crippen LogP contribution >= 0.6 is 23.2 Å². The number of benzene rings is 1. The number of fused-ring (bicyclic) bond motifs is 1. The Labute approximate surface area is 128 Å². The summed E-state index contributed by atoms with van der Waals surface area (Å²) in [6.07, 6.45) is 4.61. The molecule has 0 saturated carbocycles. The molecule has 0 aliphatic heterocycles. The smallest absolute Gasteiger partial charge is 0.0807 e. The second-order valence-corrected chi connectivity index (χ2v) is 6.22. The van der Waals surface area contributed by atoms with Crippen LogP contribution in [0.2, 0.25) is 10.0 Å². The molecule has 1 aromatic heterocycles. The summed E-state index contributed by atoms with van der Waals surface area (Å²) in [6, 6.07) is 7.78. The van der Waals surface area contributed by atoms with Crippen molar-refractivity contribution < 1.29 is 5.11 Å². The van der Waals surface area contributed by atoms with Crippen molar-refractivity contribution in [3.63, 3.8) is 0 Å². The Morgan fingerprint density at radius 3 is 2.85 bits per heavy atom. The van der Waals surface area contributed by atoms with E-state index in [0.29, 0.717) is 10.0 Å². The van der Waals surface area contributed by atoms with Crippen LogP contribution in [0.15, 0.2) is 30.5 Å². The molecule has 2 unspecified atom stereocenters. The van der Waals surface area contributed by atoms with Gasteiger partial charge in [0.15, 0.2) is 0 Å². The van der Waals surface area contributed by atoms with Crippen LogP contribution in [-0.2, 0) is 6.42 Å². The Kier molecular flexibility index (Phi) is 3.80. The van der Waals surface area contributed by atoms with E-state index in [-0.39, 0.29) is 12.1 Å². The van der Waals surface area contributed by atoms with Crippen LogP contribution in [0.3, 0.4) is 0 Å². The lowest BCUT2D eigenvalue weighted by molar-refractivity contribution is 0.155. The van der Waals surface area contributed by atoms with E-state index in [4.69, 9.17) is 23.2 Å². The molecule has 0 bridgehead atoms. The van der Waals surface area contributed by atoms with Crippen LogP contribution in [0.5, 0.6) is 0 Å². The highest BCUT2D eigenvalue weighted by Crippen LogP contribution is 2.35. The molecule has 3 rings (SSSR count). The number of hydrogen-bond donors (Lipinski definition) is 1. The van der Waals surface area contributed by atoms with E-state index in [9.17, 15) is 5.11 Å². The highest BCUT2D eigenvalue weighted by molar-refractivity contribution is 6.35. The van der Waals surface area contributed by atoms with Gasteiger partial charge in [-0.25, -0.2) is 0 Å². The highest BCUT2D eigenvalue weighted by atomic mass is 35.5. The fraction of sp³-hybridized carbons (Fsp3) is 0.375. The van der Waals surface area contributed by atoms with Gasteiger partial charge in [0.2, 0.25) is 0 Å². The molecular weight excluding hydrogens is 293 g/mol. The Bertz CT molecular complexity index is 635. The summed E-state index contributed by atoms with van der Waals surface area (Å²) >= 11 is 12.3. The normalized spacial score (nSPS) is 19.7. The first-order chi connectivity index (χ1) is 9.58. The molecule has 0 amide bonds. The monoisotopic (exact) mass is 309 g/mol. The van der Waals surface area contributed by atoms with Crippen molar-refractivity contribution >= 4 is 23.2 Å². The number of hydrogen-bond acceptors (Lipinski definition) is 1. The van der Waals surface area contributed by atoms with Crippen LogP contribution in [0.1, 0.15) is 48.7 Å². The highest BCUT2D eigenvalue weighted by Gasteiger charge is 2.24. The molecule has 0 fully saturated rings. The first-order valence-corrected chi connectivity index (χ1v) is 7.66. The number of aliphatic hydroxyl groups excluding tert-OH is 1. The van der Waals surface area contributed by atoms with Gasteiger partial charge in [0, 0.05) is 27.5 Å². The SMILES string of the molecule is CC(c1ccc(Cl)cc1Cl)n1ccc2c1CCCC2O. The minimum Gasteiger partial charge on any atom is -0.388 e. The molecule has 2 aromatic rings. The van der Waals surface area contributed by atoms with Crippen molar-refractivity contribution in [2.24, 2.45) is 0 Å². The van der Waals surface area contributed by atoms with Gasteiger partial charge in [0.1, 0.15) is 0 Å². The van der Waals surface area contributed by atoms with Gasteiger partial charge >= 0.3 is 0 Å². The fourth-order valence-electron chi connectivity index (χ4n) is 3.04. The molecule has 1 aromatic carbocycles. The third kappa shape index (κ3) is 2.37. The molecule has 4 heteroatoms. The molecule has 2 atom stereocenters. The molecular formula is C16H17Cl2NO. The van der Waals surface area contributed by atoms with Crippen molar-refractivity contribution in [3.8, 4) is 0 Å². The zero-order valence-corrected chi connectivity index (χ0v) is 12.8. The van der Waals surface area contributed by atoms with Crippen molar-refractivity contribution in [2.45, 2.75) is 38.3 Å². The van der Waals surface area contributed by atoms with Crippen molar-refractivity contribution in [3.05, 3.63) is 57.3 Å². The summed E-state index contributed by atoms with van der Waals surface area (Å²) in [5.74, 6) is 0. The van der Waals surface area contributed by atoms with Crippen LogP contribution in [0.4, 0.5) is 0 Å². The summed E-state index contributed by atoms with van der Waals surface area (Å²) in [5, 5.41) is 11.4. The topological polar surface area (TPSA) is 25.2 Å². The van der Waals surface area contributed by atoms with Crippen molar-refractivity contribution in [1.82, 2.24) is 4.57 Å². The average Bonchev–Trinajstić information content (AvgIpc) is 2.83. The van der Waals surface area contributed by atoms with Crippen LogP contribution in [-0.4, -0.2) is 9.67 Å². The quantitative estimate of drug-likeness (QED) is 0.849. The maximum absolute atomic E-state index is 10.1. The van der Waals surface area contributed by atoms with Gasteiger partial charge in [-0.1, -0.05) is 29.3 Å². The lowest BCUT2D eigenvalue weighted by atomic mass is 9.95. The van der Waals surface area contributed by atoms with Crippen molar-refractivity contribution in [1.29, 1.82) is 0 Å². The molecule has 106 valence electrons. The molecule has 1 heterocycles. The van der Waals surface area contributed by atoms with E-state index >= 15 is 0 Å². The first-order valence-electron chi connectivity index (χ1n) is 6.90. The molecule has 0 radical (unpaired) electrons. The molecule has 1 N–H and O–H groups in total. The number of aromatic nitrogens is 1. The van der Waals surface area contributed by atoms with Gasteiger partial charge < -0.3 is 9.67 Å². The van der Waals surface area contributed by atoms with E-state index in [0.717, 1.165) is 30.4 Å². The first kappa shape index (κ1) is 14.0. The Hall–Kier alpha value is -0.960. The second kappa shape index (κ2) is 5.44. The van der Waals surface area contributed by atoms with E-state index < -0.39 is 0 Å². The largest absolute Gasteiger partial charge is 0.388 e. The minimum absolute atomic E-state index is 0.133. The zero-order valence-electron chi connectivity index (χ0n) is 11.3. The van der Waals surface area contributed by atoms with Gasteiger partial charge in [-0.3, -0.25) is 0 Å². The average molecular weight is 310 g/mol. The van der Waals surface area contributed by atoms with E-state index in [1.54, 1.807) is 6.07 Å². The summed E-state index contributed by atoms with van der Waals surface area (Å²) < 4.78 is 2.22. The van der Waals surface area contributed by atoms with E-state index in [1.807, 2.05) is 18.2 Å². The second-order valence-electron chi connectivity index (χ2n) is 5.37. The van der Waals surface area contributed by atoms with Crippen molar-refractivity contribution in [2.75, 3.05) is 0 Å². The Balaban J connectivity index is 2.01. The minimum atomic E-state index is -0.326. The molecule has 2 nitrogen and oxygen atoms in total. The molecule has 0 saturated heterocycles. The third-order valence-electron chi connectivity index (χ3n) is 4.14. The van der Waals surface area contributed by atoms with Crippen LogP contribution < -0.4 is 0 Å². The Morgan fingerprint density at radius 1 is 1.30 bits per heavy atom. The number of aliphatic hydroxyl groups is 1. The zero-order chi connectivity index (χ0) is 14.3. The molecule has 1 aliphatic carbocycles. The van der Waals surface area contributed by atoms with Gasteiger partial charge in [-0.05, 0) is 49.9 Å². The molecule has 1 aliphatic rings. The Morgan fingerprint density at radius 2 is 2.10 bits per heavy atom. The fourth-order valence-corrected chi connectivity index (χ4v) is 3.61. The number of halogens is 2. The molecule has 0 spiro atoms. The number of rotatable bonds is 2. The van der Waals surface area contributed by atoms with E-state index in [1.165, 1.54) is 5.69 Å². The van der Waals surface area contributed by atoms with E-state index in [2.05, 4.69) is 17.7 Å². The predicted octanol–water partition coefficient (Wildman–Crippen LogP) is 4.77. The predicted molar refractivity (Wildman–Crippen MR) is 82.6 cm³/mol. The summed E-state index contributed by atoms with van der Waals surface area (Å²) in [4.78, 5) is 0. The maximum atomic E-state index is 10.1. The maximum Gasteiger partial charge on any atom is 0.0807 e. The van der Waals surface area contributed by atoms with Crippen LogP contribution in [0.25, 0.3) is 0 Å². The number of nitrogens with zero attached hydrogens (tertiary/aromatic N) is 1. The lowest BCUT2D eigenvalue weighted by Crippen LogP contribution is -2.15. The van der Waals surface area contributed by atoms with Gasteiger partial charge in [0.05, 0.1) is 12.1 Å². The molecule has 20 heavy (non-hydrogen) atoms. The third-order valence-corrected chi connectivity index (χ3v) is 4.70. The summed E-state index contributed by atoms with van der Waals surface area (Å²) in [5.41, 5.74) is 3.34.